The summed E-state index contributed by atoms with van der Waals surface area (Å²) in [6.07, 6.45) is 1.90. The first-order valence-corrected chi connectivity index (χ1v) is 6.73. The molecule has 2 aromatic rings. The van der Waals surface area contributed by atoms with E-state index in [4.69, 9.17) is 5.73 Å². The van der Waals surface area contributed by atoms with Crippen LogP contribution >= 0.6 is 15.9 Å². The van der Waals surface area contributed by atoms with Crippen LogP contribution in [0, 0.1) is 0 Å². The molecule has 0 atom stereocenters. The highest BCUT2D eigenvalue weighted by atomic mass is 79.9. The van der Waals surface area contributed by atoms with E-state index < -0.39 is 0 Å². The Morgan fingerprint density at radius 1 is 1.33 bits per heavy atom. The van der Waals surface area contributed by atoms with Gasteiger partial charge in [-0.15, -0.1) is 0 Å². The normalized spacial score (nSPS) is 11.8. The Labute approximate surface area is 116 Å². The SMILES string of the molecule is CC(C)(C)c1nn(Cc2cccc(Br)c2)cc1N. The van der Waals surface area contributed by atoms with E-state index in [-0.39, 0.29) is 5.41 Å². The molecule has 4 heteroatoms. The molecule has 0 saturated carbocycles. The topological polar surface area (TPSA) is 43.8 Å². The van der Waals surface area contributed by atoms with Crippen molar-refractivity contribution in [1.29, 1.82) is 0 Å². The Bertz CT molecular complexity index is 552. The van der Waals surface area contributed by atoms with Gasteiger partial charge in [0.05, 0.1) is 17.9 Å². The van der Waals surface area contributed by atoms with Crippen molar-refractivity contribution in [3.63, 3.8) is 0 Å². The minimum absolute atomic E-state index is 0.0212. The van der Waals surface area contributed by atoms with Gasteiger partial charge in [-0.1, -0.05) is 48.8 Å². The van der Waals surface area contributed by atoms with Crippen LogP contribution in [0.25, 0.3) is 0 Å². The summed E-state index contributed by atoms with van der Waals surface area (Å²) in [5, 5.41) is 4.58. The molecule has 2 N–H and O–H groups in total. The largest absolute Gasteiger partial charge is 0.396 e. The molecule has 0 spiro atoms. The van der Waals surface area contributed by atoms with Crippen LogP contribution in [-0.2, 0) is 12.0 Å². The zero-order valence-electron chi connectivity index (χ0n) is 10.9. The molecule has 0 saturated heterocycles. The summed E-state index contributed by atoms with van der Waals surface area (Å²) in [7, 11) is 0. The van der Waals surface area contributed by atoms with Crippen LogP contribution in [0.1, 0.15) is 32.0 Å². The maximum absolute atomic E-state index is 6.02. The Kier molecular flexibility index (Phi) is 3.48. The number of nitrogens with two attached hydrogens (primary N) is 1. The van der Waals surface area contributed by atoms with Crippen LogP contribution in [0.4, 0.5) is 5.69 Å². The van der Waals surface area contributed by atoms with Crippen molar-refractivity contribution < 1.29 is 0 Å². The van der Waals surface area contributed by atoms with Gasteiger partial charge in [-0.2, -0.15) is 5.10 Å². The van der Waals surface area contributed by atoms with Gasteiger partial charge in [-0.05, 0) is 17.7 Å². The zero-order valence-corrected chi connectivity index (χ0v) is 12.5. The summed E-state index contributed by atoms with van der Waals surface area (Å²) in [5.41, 5.74) is 8.92. The number of halogens is 1. The van der Waals surface area contributed by atoms with E-state index in [9.17, 15) is 0 Å². The van der Waals surface area contributed by atoms with Crippen molar-refractivity contribution >= 4 is 21.6 Å². The third kappa shape index (κ3) is 2.93. The second kappa shape index (κ2) is 4.76. The molecule has 3 nitrogen and oxygen atoms in total. The third-order valence-electron chi connectivity index (χ3n) is 2.73. The number of aromatic nitrogens is 2. The predicted octanol–water partition coefficient (Wildman–Crippen LogP) is 3.57. The second-order valence-electron chi connectivity index (χ2n) is 5.51. The average molecular weight is 308 g/mol. The maximum atomic E-state index is 6.02. The van der Waals surface area contributed by atoms with Gasteiger partial charge in [-0.3, -0.25) is 4.68 Å². The Balaban J connectivity index is 2.26. The molecule has 0 aliphatic heterocycles. The first kappa shape index (κ1) is 13.1. The molecule has 1 aromatic heterocycles. The first-order chi connectivity index (χ1) is 8.36. The summed E-state index contributed by atoms with van der Waals surface area (Å²) in [4.78, 5) is 0. The van der Waals surface area contributed by atoms with Gasteiger partial charge >= 0.3 is 0 Å². The van der Waals surface area contributed by atoms with Gasteiger partial charge in [0.1, 0.15) is 0 Å². The molecule has 18 heavy (non-hydrogen) atoms. The van der Waals surface area contributed by atoms with Crippen LogP contribution in [0.3, 0.4) is 0 Å². The fraction of sp³-hybridized carbons (Fsp3) is 0.357. The summed E-state index contributed by atoms with van der Waals surface area (Å²) < 4.78 is 2.98. The van der Waals surface area contributed by atoms with Crippen LogP contribution in [0.2, 0.25) is 0 Å². The molecular weight excluding hydrogens is 290 g/mol. The third-order valence-corrected chi connectivity index (χ3v) is 3.23. The van der Waals surface area contributed by atoms with Crippen LogP contribution in [0.5, 0.6) is 0 Å². The summed E-state index contributed by atoms with van der Waals surface area (Å²) in [6.45, 7) is 7.10. The van der Waals surface area contributed by atoms with Gasteiger partial charge in [-0.25, -0.2) is 0 Å². The summed E-state index contributed by atoms with van der Waals surface area (Å²) >= 11 is 3.47. The fourth-order valence-corrected chi connectivity index (χ4v) is 2.37. The molecule has 0 unspecified atom stereocenters. The second-order valence-corrected chi connectivity index (χ2v) is 6.43. The van der Waals surface area contributed by atoms with Gasteiger partial charge in [0.15, 0.2) is 0 Å². The summed E-state index contributed by atoms with van der Waals surface area (Å²) in [5.74, 6) is 0. The van der Waals surface area contributed by atoms with Crippen molar-refractivity contribution in [3.8, 4) is 0 Å². The Morgan fingerprint density at radius 3 is 2.61 bits per heavy atom. The smallest absolute Gasteiger partial charge is 0.0907 e. The summed E-state index contributed by atoms with van der Waals surface area (Å²) in [6, 6.07) is 8.21. The molecule has 0 fully saturated rings. The number of hydrogen-bond donors (Lipinski definition) is 1. The van der Waals surface area contributed by atoms with Crippen molar-refractivity contribution in [2.24, 2.45) is 0 Å². The minimum Gasteiger partial charge on any atom is -0.396 e. The molecule has 0 aliphatic rings. The van der Waals surface area contributed by atoms with Crippen molar-refractivity contribution in [2.45, 2.75) is 32.7 Å². The predicted molar refractivity (Wildman–Crippen MR) is 78.6 cm³/mol. The van der Waals surface area contributed by atoms with Crippen LogP contribution in [-0.4, -0.2) is 9.78 Å². The highest BCUT2D eigenvalue weighted by Gasteiger charge is 2.20. The van der Waals surface area contributed by atoms with Crippen molar-refractivity contribution in [3.05, 3.63) is 46.2 Å². The number of anilines is 1. The van der Waals surface area contributed by atoms with E-state index in [0.717, 1.165) is 22.4 Å². The maximum Gasteiger partial charge on any atom is 0.0907 e. The molecule has 0 bridgehead atoms. The molecular formula is C14H18BrN3. The standard InChI is InChI=1S/C14H18BrN3/c1-14(2,3)13-12(16)9-18(17-13)8-10-5-4-6-11(15)7-10/h4-7,9H,8,16H2,1-3H3. The lowest BCUT2D eigenvalue weighted by Crippen LogP contribution is -2.14. The fourth-order valence-electron chi connectivity index (χ4n) is 1.92. The van der Waals surface area contributed by atoms with Gasteiger partial charge < -0.3 is 5.73 Å². The number of rotatable bonds is 2. The molecule has 0 amide bonds. The van der Waals surface area contributed by atoms with E-state index in [1.54, 1.807) is 0 Å². The van der Waals surface area contributed by atoms with E-state index in [2.05, 4.69) is 53.9 Å². The van der Waals surface area contributed by atoms with Gasteiger partial charge in [0, 0.05) is 16.1 Å². The lowest BCUT2D eigenvalue weighted by atomic mass is 9.92. The highest BCUT2D eigenvalue weighted by Crippen LogP contribution is 2.26. The van der Waals surface area contributed by atoms with E-state index >= 15 is 0 Å². The van der Waals surface area contributed by atoms with Gasteiger partial charge in [0.2, 0.25) is 0 Å². The zero-order chi connectivity index (χ0) is 13.3. The van der Waals surface area contributed by atoms with Crippen LogP contribution in [0.15, 0.2) is 34.9 Å². The molecule has 1 aromatic carbocycles. The molecule has 0 radical (unpaired) electrons. The number of hydrogen-bond acceptors (Lipinski definition) is 2. The van der Waals surface area contributed by atoms with Crippen molar-refractivity contribution in [2.75, 3.05) is 5.73 Å². The quantitative estimate of drug-likeness (QED) is 0.921. The average Bonchev–Trinajstić information content (AvgIpc) is 2.59. The molecule has 96 valence electrons. The van der Waals surface area contributed by atoms with E-state index in [0.29, 0.717) is 0 Å². The Hall–Kier alpha value is -1.29. The lowest BCUT2D eigenvalue weighted by molar-refractivity contribution is 0.546. The van der Waals surface area contributed by atoms with Gasteiger partial charge in [0.25, 0.3) is 0 Å². The minimum atomic E-state index is -0.0212. The molecule has 0 aliphatic carbocycles. The van der Waals surface area contributed by atoms with E-state index in [1.807, 2.05) is 23.0 Å². The van der Waals surface area contributed by atoms with E-state index in [1.165, 1.54) is 5.56 Å². The number of nitrogens with zero attached hydrogens (tertiary/aromatic N) is 2. The molecule has 2 rings (SSSR count). The van der Waals surface area contributed by atoms with Crippen LogP contribution < -0.4 is 5.73 Å². The number of benzene rings is 1. The number of nitrogen functional groups attached to an aromatic ring is 1. The molecule has 1 heterocycles. The highest BCUT2D eigenvalue weighted by molar-refractivity contribution is 9.10. The monoisotopic (exact) mass is 307 g/mol. The lowest BCUT2D eigenvalue weighted by Gasteiger charge is -2.15. The first-order valence-electron chi connectivity index (χ1n) is 5.94. The Morgan fingerprint density at radius 2 is 2.06 bits per heavy atom. The van der Waals surface area contributed by atoms with Crippen molar-refractivity contribution in [1.82, 2.24) is 9.78 Å².